The first kappa shape index (κ1) is 11.4. The third-order valence-electron chi connectivity index (χ3n) is 2.82. The van der Waals surface area contributed by atoms with Gasteiger partial charge in [0, 0.05) is 17.6 Å². The highest BCUT2D eigenvalue weighted by Gasteiger charge is 2.16. The predicted octanol–water partition coefficient (Wildman–Crippen LogP) is 1.36. The summed E-state index contributed by atoms with van der Waals surface area (Å²) in [5.41, 5.74) is 1.17. The number of hydrogen-bond donors (Lipinski definition) is 2. The molecule has 1 heterocycles. The van der Waals surface area contributed by atoms with Gasteiger partial charge in [-0.25, -0.2) is 0 Å². The van der Waals surface area contributed by atoms with Crippen molar-refractivity contribution in [3.05, 3.63) is 34.9 Å². The first-order valence-electron chi connectivity index (χ1n) is 5.49. The van der Waals surface area contributed by atoms with E-state index in [9.17, 15) is 4.79 Å². The number of halogens is 1. The lowest BCUT2D eigenvalue weighted by atomic mass is 10.0. The van der Waals surface area contributed by atoms with Gasteiger partial charge in [-0.1, -0.05) is 29.8 Å². The number of amides is 1. The van der Waals surface area contributed by atoms with Crippen LogP contribution >= 0.6 is 11.6 Å². The van der Waals surface area contributed by atoms with Gasteiger partial charge in [-0.15, -0.1) is 0 Å². The van der Waals surface area contributed by atoms with Crippen molar-refractivity contribution in [3.63, 3.8) is 0 Å². The Hall–Kier alpha value is -1.06. The zero-order chi connectivity index (χ0) is 11.4. The minimum absolute atomic E-state index is 0.0778. The van der Waals surface area contributed by atoms with Gasteiger partial charge in [-0.3, -0.25) is 4.79 Å². The Morgan fingerprint density at radius 2 is 2.19 bits per heavy atom. The first-order valence-corrected chi connectivity index (χ1v) is 5.87. The van der Waals surface area contributed by atoms with E-state index in [2.05, 4.69) is 10.6 Å². The second-order valence-electron chi connectivity index (χ2n) is 4.01. The zero-order valence-corrected chi connectivity index (χ0v) is 9.76. The fourth-order valence-electron chi connectivity index (χ4n) is 1.84. The van der Waals surface area contributed by atoms with Gasteiger partial charge < -0.3 is 10.6 Å². The number of aryl methyl sites for hydroxylation is 1. The summed E-state index contributed by atoms with van der Waals surface area (Å²) in [5, 5.41) is 6.87. The number of rotatable bonds is 3. The van der Waals surface area contributed by atoms with Crippen LogP contribution < -0.4 is 10.6 Å². The summed E-state index contributed by atoms with van der Waals surface area (Å²) in [5.74, 6) is 0.0778. The average Bonchev–Trinajstić information content (AvgIpc) is 2.30. The molecular formula is C12H15ClN2O. The Bertz CT molecular complexity index is 371. The minimum atomic E-state index is 0.0778. The van der Waals surface area contributed by atoms with Crippen molar-refractivity contribution in [2.24, 2.45) is 0 Å². The number of carbonyl (C=O) groups is 1. The third kappa shape index (κ3) is 2.97. The van der Waals surface area contributed by atoms with Crippen molar-refractivity contribution in [3.8, 4) is 0 Å². The molecule has 1 atom stereocenters. The van der Waals surface area contributed by atoms with Crippen LogP contribution in [0.3, 0.4) is 0 Å². The molecule has 0 radical (unpaired) electrons. The largest absolute Gasteiger partial charge is 0.353 e. The van der Waals surface area contributed by atoms with Crippen LogP contribution in [-0.4, -0.2) is 25.0 Å². The van der Waals surface area contributed by atoms with E-state index in [0.717, 1.165) is 17.9 Å². The van der Waals surface area contributed by atoms with E-state index in [0.29, 0.717) is 19.1 Å². The van der Waals surface area contributed by atoms with Gasteiger partial charge >= 0.3 is 0 Å². The summed E-state index contributed by atoms with van der Waals surface area (Å²) in [7, 11) is 0. The molecule has 1 fully saturated rings. The summed E-state index contributed by atoms with van der Waals surface area (Å²) in [6.45, 7) is 1.14. The van der Waals surface area contributed by atoms with E-state index >= 15 is 0 Å². The highest BCUT2D eigenvalue weighted by atomic mass is 35.5. The number of nitrogens with one attached hydrogen (secondary N) is 2. The maximum Gasteiger partial charge on any atom is 0.234 e. The van der Waals surface area contributed by atoms with Crippen LogP contribution in [0.5, 0.6) is 0 Å². The van der Waals surface area contributed by atoms with Crippen molar-refractivity contribution in [1.82, 2.24) is 10.6 Å². The van der Waals surface area contributed by atoms with Gasteiger partial charge in [-0.2, -0.15) is 0 Å². The molecule has 1 saturated heterocycles. The average molecular weight is 239 g/mol. The summed E-state index contributed by atoms with van der Waals surface area (Å²) < 4.78 is 0. The van der Waals surface area contributed by atoms with Gasteiger partial charge in [0.15, 0.2) is 0 Å². The molecule has 1 aliphatic heterocycles. The molecule has 1 amide bonds. The minimum Gasteiger partial charge on any atom is -0.353 e. The van der Waals surface area contributed by atoms with Crippen molar-refractivity contribution >= 4 is 17.5 Å². The Morgan fingerprint density at radius 1 is 1.38 bits per heavy atom. The van der Waals surface area contributed by atoms with E-state index in [4.69, 9.17) is 11.6 Å². The molecule has 3 nitrogen and oxygen atoms in total. The quantitative estimate of drug-likeness (QED) is 0.835. The van der Waals surface area contributed by atoms with Crippen LogP contribution in [0.4, 0.5) is 0 Å². The molecule has 1 aromatic carbocycles. The fourth-order valence-corrected chi connectivity index (χ4v) is 2.07. The Kier molecular flexibility index (Phi) is 3.80. The maximum absolute atomic E-state index is 10.9. The summed E-state index contributed by atoms with van der Waals surface area (Å²) >= 11 is 6.07. The van der Waals surface area contributed by atoms with Crippen LogP contribution in [-0.2, 0) is 11.2 Å². The van der Waals surface area contributed by atoms with Crippen molar-refractivity contribution in [1.29, 1.82) is 0 Å². The van der Waals surface area contributed by atoms with E-state index in [1.54, 1.807) is 0 Å². The lowest BCUT2D eigenvalue weighted by molar-refractivity contribution is -0.121. The number of benzene rings is 1. The molecule has 1 unspecified atom stereocenters. The van der Waals surface area contributed by atoms with E-state index in [-0.39, 0.29) is 5.91 Å². The van der Waals surface area contributed by atoms with Gasteiger partial charge in [0.2, 0.25) is 5.91 Å². The Labute approximate surface area is 100 Å². The molecule has 2 rings (SSSR count). The topological polar surface area (TPSA) is 41.1 Å². The predicted molar refractivity (Wildman–Crippen MR) is 64.6 cm³/mol. The summed E-state index contributed by atoms with van der Waals surface area (Å²) in [6, 6.07) is 8.24. The number of hydrogen-bond acceptors (Lipinski definition) is 2. The molecule has 86 valence electrons. The Morgan fingerprint density at radius 3 is 2.88 bits per heavy atom. The highest BCUT2D eigenvalue weighted by molar-refractivity contribution is 6.31. The summed E-state index contributed by atoms with van der Waals surface area (Å²) in [4.78, 5) is 10.9. The van der Waals surface area contributed by atoms with Gasteiger partial charge in [0.05, 0.1) is 6.54 Å². The van der Waals surface area contributed by atoms with Crippen LogP contribution in [0.2, 0.25) is 5.02 Å². The SMILES string of the molecule is O=C1CNC(CCc2ccccc2Cl)CN1. The molecule has 0 saturated carbocycles. The van der Waals surface area contributed by atoms with E-state index < -0.39 is 0 Å². The fraction of sp³-hybridized carbons (Fsp3) is 0.417. The van der Waals surface area contributed by atoms with Gasteiger partial charge in [-0.05, 0) is 24.5 Å². The van der Waals surface area contributed by atoms with Crippen molar-refractivity contribution in [2.75, 3.05) is 13.1 Å². The second-order valence-corrected chi connectivity index (χ2v) is 4.42. The van der Waals surface area contributed by atoms with E-state index in [1.807, 2.05) is 24.3 Å². The second kappa shape index (κ2) is 5.32. The molecule has 4 heteroatoms. The monoisotopic (exact) mass is 238 g/mol. The maximum atomic E-state index is 10.9. The normalized spacial score (nSPS) is 20.6. The molecule has 1 aromatic rings. The van der Waals surface area contributed by atoms with Crippen molar-refractivity contribution < 1.29 is 4.79 Å². The van der Waals surface area contributed by atoms with Gasteiger partial charge in [0.1, 0.15) is 0 Å². The van der Waals surface area contributed by atoms with Crippen LogP contribution in [0.15, 0.2) is 24.3 Å². The third-order valence-corrected chi connectivity index (χ3v) is 3.19. The Balaban J connectivity index is 1.84. The standard InChI is InChI=1S/C12H15ClN2O/c13-11-4-2-1-3-9(11)5-6-10-7-15-12(16)8-14-10/h1-4,10,14H,5-8H2,(H,15,16). The smallest absolute Gasteiger partial charge is 0.234 e. The molecule has 2 N–H and O–H groups in total. The summed E-state index contributed by atoms with van der Waals surface area (Å²) in [6.07, 6.45) is 1.93. The van der Waals surface area contributed by atoms with Crippen LogP contribution in [0.1, 0.15) is 12.0 Å². The number of piperazine rings is 1. The van der Waals surface area contributed by atoms with Crippen molar-refractivity contribution in [2.45, 2.75) is 18.9 Å². The zero-order valence-electron chi connectivity index (χ0n) is 9.00. The lowest BCUT2D eigenvalue weighted by Gasteiger charge is -2.24. The molecule has 16 heavy (non-hydrogen) atoms. The molecular weight excluding hydrogens is 224 g/mol. The first-order chi connectivity index (χ1) is 7.75. The molecule has 0 spiro atoms. The van der Waals surface area contributed by atoms with E-state index in [1.165, 1.54) is 5.56 Å². The molecule has 1 aliphatic rings. The number of carbonyl (C=O) groups excluding carboxylic acids is 1. The van der Waals surface area contributed by atoms with Crippen LogP contribution in [0, 0.1) is 0 Å². The van der Waals surface area contributed by atoms with Crippen LogP contribution in [0.25, 0.3) is 0 Å². The molecule has 0 aliphatic carbocycles. The molecule has 0 aromatic heterocycles. The molecule has 0 bridgehead atoms. The lowest BCUT2D eigenvalue weighted by Crippen LogP contribution is -2.51. The highest BCUT2D eigenvalue weighted by Crippen LogP contribution is 2.17. The van der Waals surface area contributed by atoms with Gasteiger partial charge in [0.25, 0.3) is 0 Å².